The third-order valence-electron chi connectivity index (χ3n) is 18.1. The fourth-order valence-electron chi connectivity index (χ4n) is 11.7. The zero-order chi connectivity index (χ0) is 69.8. The summed E-state index contributed by atoms with van der Waals surface area (Å²) in [4.78, 5) is 72.4. The summed E-state index contributed by atoms with van der Waals surface area (Å²) >= 11 is 0. The van der Waals surface area contributed by atoms with Crippen LogP contribution >= 0.6 is 15.6 Å². The van der Waals surface area contributed by atoms with Crippen molar-refractivity contribution >= 4 is 39.5 Å². The number of ether oxygens (including phenoxy) is 4. The number of aliphatic hydroxyl groups excluding tert-OH is 1. The molecule has 0 spiro atoms. The Kier molecular flexibility index (Phi) is 67.7. The number of unbranched alkanes of at least 4 members (excludes halogenated alkanes) is 47. The van der Waals surface area contributed by atoms with Crippen molar-refractivity contribution in [3.05, 3.63) is 0 Å². The van der Waals surface area contributed by atoms with Crippen molar-refractivity contribution in [2.45, 2.75) is 419 Å². The summed E-state index contributed by atoms with van der Waals surface area (Å²) in [7, 11) is -9.90. The van der Waals surface area contributed by atoms with Gasteiger partial charge in [-0.1, -0.05) is 349 Å². The molecule has 0 bridgehead atoms. The number of hydrogen-bond donors (Lipinski definition) is 3. The molecule has 17 nitrogen and oxygen atoms in total. The molecule has 0 aliphatic rings. The Labute approximate surface area is 581 Å². The van der Waals surface area contributed by atoms with Gasteiger partial charge in [0.25, 0.3) is 0 Å². The van der Waals surface area contributed by atoms with Crippen molar-refractivity contribution in [3.63, 3.8) is 0 Å². The number of phosphoric acid groups is 2. The molecule has 0 aromatic heterocycles. The lowest BCUT2D eigenvalue weighted by Gasteiger charge is -2.21. The number of hydrogen-bond acceptors (Lipinski definition) is 15. The summed E-state index contributed by atoms with van der Waals surface area (Å²) in [6, 6.07) is 0. The van der Waals surface area contributed by atoms with E-state index in [2.05, 4.69) is 34.6 Å². The SMILES string of the molecule is CCCCCCCCCCCCCCCCCCCCC(=O)OC[C@H](COP(=O)(O)OC[C@@H](O)COP(=O)(O)OC[C@@H](COC(=O)CCCCCCC)OC(=O)CCCCCCCCCCCC)OC(=O)CCCCCCCCCCCCCCCCCCCCC(C)CC. The van der Waals surface area contributed by atoms with Crippen molar-refractivity contribution < 1.29 is 80.2 Å². The summed E-state index contributed by atoms with van der Waals surface area (Å²) in [5.41, 5.74) is 0. The highest BCUT2D eigenvalue weighted by Crippen LogP contribution is 2.45. The first-order valence-electron chi connectivity index (χ1n) is 39.7. The van der Waals surface area contributed by atoms with Crippen LogP contribution in [0.2, 0.25) is 0 Å². The van der Waals surface area contributed by atoms with Crippen molar-refractivity contribution in [2.24, 2.45) is 5.92 Å². The minimum atomic E-state index is -4.95. The third-order valence-corrected chi connectivity index (χ3v) is 20.0. The molecule has 3 unspecified atom stereocenters. The van der Waals surface area contributed by atoms with Gasteiger partial charge in [0.15, 0.2) is 12.2 Å². The highest BCUT2D eigenvalue weighted by Gasteiger charge is 2.30. The van der Waals surface area contributed by atoms with Gasteiger partial charge in [0.05, 0.1) is 26.4 Å². The Balaban J connectivity index is 5.10. The van der Waals surface area contributed by atoms with E-state index in [9.17, 15) is 43.2 Å². The van der Waals surface area contributed by atoms with Crippen LogP contribution in [-0.4, -0.2) is 96.7 Å². The topological polar surface area (TPSA) is 237 Å². The van der Waals surface area contributed by atoms with E-state index in [0.717, 1.165) is 102 Å². The Morgan fingerprint density at radius 2 is 0.505 bits per heavy atom. The molecule has 0 aromatic carbocycles. The van der Waals surface area contributed by atoms with Gasteiger partial charge in [0.1, 0.15) is 19.3 Å². The fourth-order valence-corrected chi connectivity index (χ4v) is 13.3. The zero-order valence-corrected chi connectivity index (χ0v) is 63.6. The van der Waals surface area contributed by atoms with Crippen LogP contribution in [0, 0.1) is 5.92 Å². The Hall–Kier alpha value is -1.94. The van der Waals surface area contributed by atoms with Gasteiger partial charge in [0.2, 0.25) is 0 Å². The minimum absolute atomic E-state index is 0.106. The first-order chi connectivity index (χ1) is 46.1. The molecule has 0 amide bonds. The van der Waals surface area contributed by atoms with E-state index in [1.165, 1.54) is 218 Å². The smallest absolute Gasteiger partial charge is 0.462 e. The van der Waals surface area contributed by atoms with Crippen LogP contribution in [0.15, 0.2) is 0 Å². The fraction of sp³-hybridized carbons (Fsp3) is 0.947. The van der Waals surface area contributed by atoms with Gasteiger partial charge in [-0.05, 0) is 31.6 Å². The quantitative estimate of drug-likeness (QED) is 0.0222. The van der Waals surface area contributed by atoms with E-state index in [1.807, 2.05) is 0 Å². The van der Waals surface area contributed by atoms with Gasteiger partial charge in [-0.2, -0.15) is 0 Å². The normalized spacial score (nSPS) is 14.2. The van der Waals surface area contributed by atoms with Gasteiger partial charge in [-0.3, -0.25) is 37.3 Å². The van der Waals surface area contributed by atoms with Crippen LogP contribution < -0.4 is 0 Å². The second-order valence-corrected chi connectivity index (χ2v) is 30.5. The summed E-state index contributed by atoms with van der Waals surface area (Å²) in [5.74, 6) is -1.26. The first-order valence-corrected chi connectivity index (χ1v) is 42.7. The van der Waals surface area contributed by atoms with Crippen molar-refractivity contribution in [2.75, 3.05) is 39.6 Å². The van der Waals surface area contributed by atoms with Crippen LogP contribution in [0.3, 0.4) is 0 Å². The first kappa shape index (κ1) is 93.1. The maximum atomic E-state index is 13.1. The molecule has 0 aliphatic heterocycles. The number of phosphoric ester groups is 2. The molecular formula is C76H148O17P2. The van der Waals surface area contributed by atoms with Crippen molar-refractivity contribution in [1.29, 1.82) is 0 Å². The lowest BCUT2D eigenvalue weighted by atomic mass is 9.99. The van der Waals surface area contributed by atoms with Crippen molar-refractivity contribution in [1.82, 2.24) is 0 Å². The molecule has 0 saturated carbocycles. The molecule has 564 valence electrons. The van der Waals surface area contributed by atoms with Gasteiger partial charge in [-0.15, -0.1) is 0 Å². The second-order valence-electron chi connectivity index (χ2n) is 27.6. The zero-order valence-electron chi connectivity index (χ0n) is 61.8. The second kappa shape index (κ2) is 69.2. The number of rotatable bonds is 76. The predicted molar refractivity (Wildman–Crippen MR) is 386 cm³/mol. The van der Waals surface area contributed by atoms with Gasteiger partial charge >= 0.3 is 39.5 Å². The van der Waals surface area contributed by atoms with Gasteiger partial charge < -0.3 is 33.8 Å². The lowest BCUT2D eigenvalue weighted by Crippen LogP contribution is -2.30. The van der Waals surface area contributed by atoms with E-state index in [4.69, 9.17) is 37.0 Å². The maximum absolute atomic E-state index is 13.1. The number of aliphatic hydroxyl groups is 1. The highest BCUT2D eigenvalue weighted by atomic mass is 31.2. The molecule has 0 fully saturated rings. The average molecular weight is 1400 g/mol. The highest BCUT2D eigenvalue weighted by molar-refractivity contribution is 7.47. The molecule has 19 heteroatoms. The largest absolute Gasteiger partial charge is 0.472 e. The Morgan fingerprint density at radius 1 is 0.295 bits per heavy atom. The van der Waals surface area contributed by atoms with E-state index < -0.39 is 97.5 Å². The molecule has 0 aromatic rings. The van der Waals surface area contributed by atoms with Gasteiger partial charge in [-0.25, -0.2) is 9.13 Å². The minimum Gasteiger partial charge on any atom is -0.462 e. The third kappa shape index (κ3) is 69.0. The molecule has 6 atom stereocenters. The molecule has 3 N–H and O–H groups in total. The molecule has 0 rings (SSSR count). The maximum Gasteiger partial charge on any atom is 0.472 e. The van der Waals surface area contributed by atoms with E-state index in [1.54, 1.807) is 0 Å². The van der Waals surface area contributed by atoms with Crippen LogP contribution in [0.1, 0.15) is 401 Å². The van der Waals surface area contributed by atoms with Crippen molar-refractivity contribution in [3.8, 4) is 0 Å². The molecule has 0 heterocycles. The number of carbonyl (C=O) groups is 4. The van der Waals surface area contributed by atoms with Gasteiger partial charge in [0, 0.05) is 25.7 Å². The summed E-state index contributed by atoms with van der Waals surface area (Å²) in [5, 5.41) is 10.6. The van der Waals surface area contributed by atoms with E-state index in [0.29, 0.717) is 25.7 Å². The van der Waals surface area contributed by atoms with Crippen LogP contribution in [0.4, 0.5) is 0 Å². The average Bonchev–Trinajstić information content (AvgIpc) is 2.05. The summed E-state index contributed by atoms with van der Waals surface area (Å²) in [6.45, 7) is 7.26. The molecular weight excluding hydrogens is 1250 g/mol. The standard InChI is InChI=1S/C76H148O17P2/c1-6-10-13-16-18-20-22-23-24-25-29-32-35-38-42-45-50-55-60-74(79)87-66-72(93-76(81)62-57-52-47-43-39-36-33-30-27-26-28-31-34-37-40-44-49-53-58-69(5)9-4)68-91-95(84,85)89-64-70(77)63-88-94(82,83)90-67-71(65-86-73(78)59-54-48-15-12-8-3)92-75(80)61-56-51-46-41-21-19-17-14-11-7-2/h69-72,77H,6-68H2,1-5H3,(H,82,83)(H,84,85)/t69?,70-,71+,72+/m0/s1. The monoisotopic (exact) mass is 1400 g/mol. The van der Waals surface area contributed by atoms with E-state index >= 15 is 0 Å². The van der Waals surface area contributed by atoms with E-state index in [-0.39, 0.29) is 25.7 Å². The lowest BCUT2D eigenvalue weighted by molar-refractivity contribution is -0.161. The predicted octanol–water partition coefficient (Wildman–Crippen LogP) is 22.5. The molecule has 0 saturated heterocycles. The number of esters is 4. The Bertz CT molecular complexity index is 1820. The van der Waals surface area contributed by atoms with Crippen LogP contribution in [-0.2, 0) is 65.4 Å². The number of carbonyl (C=O) groups excluding carboxylic acids is 4. The Morgan fingerprint density at radius 3 is 0.747 bits per heavy atom. The molecule has 95 heavy (non-hydrogen) atoms. The molecule has 0 aliphatic carbocycles. The molecule has 0 radical (unpaired) electrons. The summed E-state index contributed by atoms with van der Waals surface area (Å²) in [6.07, 6.45) is 58.8. The van der Waals surface area contributed by atoms with Crippen LogP contribution in [0.25, 0.3) is 0 Å². The summed E-state index contributed by atoms with van der Waals surface area (Å²) < 4.78 is 68.2. The van der Waals surface area contributed by atoms with Crippen LogP contribution in [0.5, 0.6) is 0 Å².